The van der Waals surface area contributed by atoms with Crippen molar-refractivity contribution < 1.29 is 4.79 Å². The van der Waals surface area contributed by atoms with Gasteiger partial charge in [-0.15, -0.1) is 11.3 Å². The smallest absolute Gasteiger partial charge is 0.141 e. The van der Waals surface area contributed by atoms with E-state index in [-0.39, 0.29) is 5.92 Å². The molecule has 3 heteroatoms. The van der Waals surface area contributed by atoms with Crippen LogP contribution < -0.4 is 5.73 Å². The maximum absolute atomic E-state index is 12.0. The molecule has 1 fully saturated rings. The van der Waals surface area contributed by atoms with Crippen molar-refractivity contribution in [2.75, 3.05) is 6.54 Å². The Morgan fingerprint density at radius 1 is 1.53 bits per heavy atom. The number of hydrogen-bond acceptors (Lipinski definition) is 3. The minimum absolute atomic E-state index is 0.233. The number of carbonyl (C=O) groups excluding carboxylic acids is 1. The fourth-order valence-corrected chi connectivity index (χ4v) is 3.17. The number of hydrogen-bond donors (Lipinski definition) is 1. The van der Waals surface area contributed by atoms with Crippen LogP contribution in [-0.2, 0) is 11.2 Å². The summed E-state index contributed by atoms with van der Waals surface area (Å²) in [5.41, 5.74) is 5.69. The average molecular weight is 223 g/mol. The van der Waals surface area contributed by atoms with Crippen LogP contribution in [0.5, 0.6) is 0 Å². The molecule has 1 aliphatic rings. The monoisotopic (exact) mass is 223 g/mol. The van der Waals surface area contributed by atoms with Crippen LogP contribution in [0.15, 0.2) is 17.5 Å². The standard InChI is InChI=1S/C12H17NOS/c13-8-9-3-1-5-11(9)12(14)7-10-4-2-6-15-10/h2,4,6,9,11H,1,3,5,7-8,13H2. The first-order chi connectivity index (χ1) is 7.31. The molecule has 0 saturated heterocycles. The molecular weight excluding hydrogens is 206 g/mol. The minimum Gasteiger partial charge on any atom is -0.330 e. The molecule has 0 aromatic carbocycles. The van der Waals surface area contributed by atoms with E-state index in [1.807, 2.05) is 17.5 Å². The van der Waals surface area contributed by atoms with Crippen molar-refractivity contribution in [1.82, 2.24) is 0 Å². The van der Waals surface area contributed by atoms with Gasteiger partial charge in [0, 0.05) is 17.2 Å². The summed E-state index contributed by atoms with van der Waals surface area (Å²) in [4.78, 5) is 13.2. The van der Waals surface area contributed by atoms with E-state index < -0.39 is 0 Å². The van der Waals surface area contributed by atoms with Gasteiger partial charge in [0.25, 0.3) is 0 Å². The first-order valence-electron chi connectivity index (χ1n) is 5.56. The Hall–Kier alpha value is -0.670. The second kappa shape index (κ2) is 4.90. The van der Waals surface area contributed by atoms with Gasteiger partial charge in [0.1, 0.15) is 5.78 Å². The van der Waals surface area contributed by atoms with Crippen LogP contribution in [0, 0.1) is 11.8 Å². The number of carbonyl (C=O) groups is 1. The second-order valence-corrected chi connectivity index (χ2v) is 5.29. The van der Waals surface area contributed by atoms with Gasteiger partial charge in [0.15, 0.2) is 0 Å². The van der Waals surface area contributed by atoms with E-state index in [4.69, 9.17) is 5.73 Å². The zero-order valence-electron chi connectivity index (χ0n) is 8.82. The normalized spacial score (nSPS) is 25.7. The van der Waals surface area contributed by atoms with Crippen LogP contribution in [0.1, 0.15) is 24.1 Å². The van der Waals surface area contributed by atoms with Gasteiger partial charge < -0.3 is 5.73 Å². The third-order valence-corrected chi connectivity index (χ3v) is 4.18. The zero-order chi connectivity index (χ0) is 10.7. The van der Waals surface area contributed by atoms with E-state index >= 15 is 0 Å². The summed E-state index contributed by atoms with van der Waals surface area (Å²) in [6, 6.07) is 4.04. The summed E-state index contributed by atoms with van der Waals surface area (Å²) in [6.07, 6.45) is 3.96. The second-order valence-electron chi connectivity index (χ2n) is 4.26. The Labute approximate surface area is 94.5 Å². The molecule has 0 spiro atoms. The van der Waals surface area contributed by atoms with Crippen molar-refractivity contribution >= 4 is 17.1 Å². The van der Waals surface area contributed by atoms with E-state index in [2.05, 4.69) is 0 Å². The molecule has 2 nitrogen and oxygen atoms in total. The maximum atomic E-state index is 12.0. The third kappa shape index (κ3) is 2.47. The Morgan fingerprint density at radius 3 is 3.07 bits per heavy atom. The van der Waals surface area contributed by atoms with E-state index in [1.54, 1.807) is 11.3 Å². The molecule has 0 aliphatic heterocycles. The predicted molar refractivity (Wildman–Crippen MR) is 62.9 cm³/mol. The average Bonchev–Trinajstić information content (AvgIpc) is 2.86. The largest absolute Gasteiger partial charge is 0.330 e. The summed E-state index contributed by atoms with van der Waals surface area (Å²) in [6.45, 7) is 0.668. The lowest BCUT2D eigenvalue weighted by molar-refractivity contribution is -0.123. The van der Waals surface area contributed by atoms with Crippen LogP contribution in [0.2, 0.25) is 0 Å². The SMILES string of the molecule is NCC1CCCC1C(=O)Cc1cccs1. The van der Waals surface area contributed by atoms with Gasteiger partial charge in [-0.05, 0) is 36.8 Å². The van der Waals surface area contributed by atoms with Crippen molar-refractivity contribution in [3.63, 3.8) is 0 Å². The summed E-state index contributed by atoms with van der Waals surface area (Å²) >= 11 is 1.67. The summed E-state index contributed by atoms with van der Waals surface area (Å²) in [7, 11) is 0. The minimum atomic E-state index is 0.233. The molecule has 0 bridgehead atoms. The molecule has 1 aromatic rings. The molecule has 0 amide bonds. The summed E-state index contributed by atoms with van der Waals surface area (Å²) in [5, 5.41) is 2.03. The molecule has 2 N–H and O–H groups in total. The number of thiophene rings is 1. The molecule has 2 rings (SSSR count). The maximum Gasteiger partial charge on any atom is 0.141 e. The highest BCUT2D eigenvalue weighted by Gasteiger charge is 2.31. The lowest BCUT2D eigenvalue weighted by Crippen LogP contribution is -2.26. The van der Waals surface area contributed by atoms with Gasteiger partial charge in [-0.1, -0.05) is 12.5 Å². The molecule has 2 atom stereocenters. The summed E-state index contributed by atoms with van der Waals surface area (Å²) < 4.78 is 0. The quantitative estimate of drug-likeness (QED) is 0.850. The highest BCUT2D eigenvalue weighted by molar-refractivity contribution is 7.10. The topological polar surface area (TPSA) is 43.1 Å². The predicted octanol–water partition coefficient (Wildman–Crippen LogP) is 2.23. The van der Waals surface area contributed by atoms with Gasteiger partial charge in [0.2, 0.25) is 0 Å². The van der Waals surface area contributed by atoms with Crippen molar-refractivity contribution in [2.24, 2.45) is 17.6 Å². The molecule has 1 saturated carbocycles. The first kappa shape index (κ1) is 10.8. The molecule has 15 heavy (non-hydrogen) atoms. The third-order valence-electron chi connectivity index (χ3n) is 3.30. The molecular formula is C12H17NOS. The van der Waals surface area contributed by atoms with Crippen LogP contribution in [0.25, 0.3) is 0 Å². The fourth-order valence-electron chi connectivity index (χ4n) is 2.46. The van der Waals surface area contributed by atoms with Gasteiger partial charge in [-0.2, -0.15) is 0 Å². The fraction of sp³-hybridized carbons (Fsp3) is 0.583. The van der Waals surface area contributed by atoms with E-state index in [0.29, 0.717) is 24.7 Å². The number of nitrogens with two attached hydrogens (primary N) is 1. The highest BCUT2D eigenvalue weighted by Crippen LogP contribution is 2.32. The highest BCUT2D eigenvalue weighted by atomic mass is 32.1. The molecule has 2 unspecified atom stereocenters. The number of rotatable bonds is 4. The van der Waals surface area contributed by atoms with Gasteiger partial charge in [-0.25, -0.2) is 0 Å². The Bertz CT molecular complexity index is 320. The van der Waals surface area contributed by atoms with Crippen LogP contribution in [0.4, 0.5) is 0 Å². The van der Waals surface area contributed by atoms with E-state index in [9.17, 15) is 4.79 Å². The molecule has 1 aromatic heterocycles. The first-order valence-corrected chi connectivity index (χ1v) is 6.44. The Kier molecular flexibility index (Phi) is 3.54. The van der Waals surface area contributed by atoms with Crippen molar-refractivity contribution in [3.8, 4) is 0 Å². The van der Waals surface area contributed by atoms with Crippen molar-refractivity contribution in [3.05, 3.63) is 22.4 Å². The number of Topliss-reactive ketones (excluding diaryl/α,β-unsaturated/α-hetero) is 1. The van der Waals surface area contributed by atoms with Gasteiger partial charge in [-0.3, -0.25) is 4.79 Å². The zero-order valence-corrected chi connectivity index (χ0v) is 9.63. The van der Waals surface area contributed by atoms with Gasteiger partial charge in [0.05, 0.1) is 0 Å². The number of ketones is 1. The van der Waals surface area contributed by atoms with Gasteiger partial charge >= 0.3 is 0 Å². The molecule has 1 heterocycles. The molecule has 0 radical (unpaired) electrons. The Balaban J connectivity index is 1.96. The Morgan fingerprint density at radius 2 is 2.40 bits per heavy atom. The molecule has 82 valence electrons. The van der Waals surface area contributed by atoms with Crippen LogP contribution in [-0.4, -0.2) is 12.3 Å². The van der Waals surface area contributed by atoms with E-state index in [1.165, 1.54) is 11.3 Å². The van der Waals surface area contributed by atoms with Crippen LogP contribution in [0.3, 0.4) is 0 Å². The lowest BCUT2D eigenvalue weighted by Gasteiger charge is -2.15. The lowest BCUT2D eigenvalue weighted by atomic mass is 9.90. The molecule has 1 aliphatic carbocycles. The van der Waals surface area contributed by atoms with E-state index in [0.717, 1.165) is 12.8 Å². The van der Waals surface area contributed by atoms with Crippen LogP contribution >= 0.6 is 11.3 Å². The van der Waals surface area contributed by atoms with Crippen molar-refractivity contribution in [1.29, 1.82) is 0 Å². The summed E-state index contributed by atoms with van der Waals surface area (Å²) in [5.74, 6) is 1.07. The van der Waals surface area contributed by atoms with Crippen molar-refractivity contribution in [2.45, 2.75) is 25.7 Å².